The van der Waals surface area contributed by atoms with Crippen LogP contribution in [0.5, 0.6) is 0 Å². The van der Waals surface area contributed by atoms with Crippen LogP contribution < -0.4 is 15.7 Å². The largest absolute Gasteiger partial charge is 0.457 e. The first-order chi connectivity index (χ1) is 16.2. The van der Waals surface area contributed by atoms with Crippen molar-refractivity contribution in [2.45, 2.75) is 26.9 Å². The van der Waals surface area contributed by atoms with Gasteiger partial charge in [0.2, 0.25) is 10.0 Å². The highest BCUT2D eigenvalue weighted by molar-refractivity contribution is 7.92. The third-order valence-electron chi connectivity index (χ3n) is 4.56. The third-order valence-corrected chi connectivity index (χ3v) is 6.05. The summed E-state index contributed by atoms with van der Waals surface area (Å²) >= 11 is 0. The average molecular weight is 489 g/mol. The molecule has 3 rings (SSSR count). The first-order valence-electron chi connectivity index (χ1n) is 10.5. The lowest BCUT2D eigenvalue weighted by atomic mass is 10.1. The van der Waals surface area contributed by atoms with Crippen LogP contribution in [0.2, 0.25) is 0 Å². The lowest BCUT2D eigenvalue weighted by Crippen LogP contribution is -2.16. The van der Waals surface area contributed by atoms with Gasteiger partial charge in [-0.1, -0.05) is 13.0 Å². The van der Waals surface area contributed by atoms with E-state index in [1.807, 2.05) is 0 Å². The highest BCUT2D eigenvalue weighted by Gasteiger charge is 2.14. The molecule has 0 aliphatic heterocycles. The van der Waals surface area contributed by atoms with Gasteiger partial charge in [-0.15, -0.1) is 0 Å². The predicted octanol–water partition coefficient (Wildman–Crippen LogP) is 3.87. The Morgan fingerprint density at radius 2 is 1.79 bits per heavy atom. The van der Waals surface area contributed by atoms with Crippen molar-refractivity contribution in [1.29, 1.82) is 0 Å². The first-order valence-corrected chi connectivity index (χ1v) is 12.1. The predicted molar refractivity (Wildman–Crippen MR) is 126 cm³/mol. The molecule has 1 amide bonds. The highest BCUT2D eigenvalue weighted by Crippen LogP contribution is 2.23. The number of hydrogen-bond donors (Lipinski definition) is 2. The number of ether oxygens (including phenoxy) is 2. The van der Waals surface area contributed by atoms with Gasteiger partial charge in [0.1, 0.15) is 12.2 Å². The van der Waals surface area contributed by atoms with Gasteiger partial charge >= 0.3 is 17.7 Å². The number of carbonyl (C=O) groups excluding carboxylic acids is 2. The van der Waals surface area contributed by atoms with E-state index < -0.39 is 27.7 Å². The van der Waals surface area contributed by atoms with Gasteiger partial charge in [-0.3, -0.25) is 10.0 Å². The molecule has 1 heterocycles. The fourth-order valence-corrected chi connectivity index (χ4v) is 4.27. The monoisotopic (exact) mass is 488 g/mol. The number of rotatable bonds is 9. The molecule has 11 heteroatoms. The zero-order chi connectivity index (χ0) is 24.7. The smallest absolute Gasteiger partial charge is 0.411 e. The van der Waals surface area contributed by atoms with Crippen molar-refractivity contribution in [3.63, 3.8) is 0 Å². The van der Waals surface area contributed by atoms with Crippen LogP contribution in [0, 0.1) is 0 Å². The van der Waals surface area contributed by atoms with Crippen LogP contribution in [-0.4, -0.2) is 32.8 Å². The normalized spacial score (nSPS) is 11.1. The lowest BCUT2D eigenvalue weighted by Gasteiger charge is -2.10. The minimum atomic E-state index is -3.51. The van der Waals surface area contributed by atoms with E-state index in [0.717, 1.165) is 0 Å². The van der Waals surface area contributed by atoms with Crippen molar-refractivity contribution in [2.24, 2.45) is 0 Å². The number of fused-ring (bicyclic) bond motifs is 1. The Labute approximate surface area is 195 Å². The van der Waals surface area contributed by atoms with Crippen molar-refractivity contribution in [1.82, 2.24) is 0 Å². The summed E-state index contributed by atoms with van der Waals surface area (Å²) in [6.45, 7) is 3.40. The van der Waals surface area contributed by atoms with E-state index in [9.17, 15) is 22.8 Å². The maximum absolute atomic E-state index is 12.6. The van der Waals surface area contributed by atoms with E-state index in [1.165, 1.54) is 36.4 Å². The summed E-state index contributed by atoms with van der Waals surface area (Å²) in [6, 6.07) is 11.8. The molecule has 0 saturated carbocycles. The second-order valence-corrected chi connectivity index (χ2v) is 9.07. The maximum Gasteiger partial charge on any atom is 0.411 e. The molecular formula is C23H24N2O8S. The minimum absolute atomic E-state index is 0.0393. The highest BCUT2D eigenvalue weighted by atomic mass is 32.2. The molecule has 10 nitrogen and oxygen atoms in total. The van der Waals surface area contributed by atoms with E-state index >= 15 is 0 Å². The first kappa shape index (κ1) is 24.8. The fourth-order valence-electron chi connectivity index (χ4n) is 3.15. The Bertz CT molecular complexity index is 1360. The zero-order valence-electron chi connectivity index (χ0n) is 18.6. The summed E-state index contributed by atoms with van der Waals surface area (Å²) in [5, 5.41) is 3.03. The molecule has 180 valence electrons. The molecule has 0 aliphatic carbocycles. The fraction of sp³-hybridized carbons (Fsp3) is 0.261. The average Bonchev–Trinajstić information content (AvgIpc) is 2.76. The summed E-state index contributed by atoms with van der Waals surface area (Å²) < 4.78 is 41.7. The van der Waals surface area contributed by atoms with E-state index in [4.69, 9.17) is 13.9 Å². The van der Waals surface area contributed by atoms with E-state index in [1.54, 1.807) is 26.0 Å². The molecule has 0 aliphatic rings. The third kappa shape index (κ3) is 6.58. The second-order valence-electron chi connectivity index (χ2n) is 7.22. The van der Waals surface area contributed by atoms with Crippen molar-refractivity contribution in [3.05, 3.63) is 70.1 Å². The number of anilines is 2. The van der Waals surface area contributed by atoms with Gasteiger partial charge in [0.05, 0.1) is 17.9 Å². The van der Waals surface area contributed by atoms with Crippen LogP contribution in [0.1, 0.15) is 36.2 Å². The molecule has 3 aromatic rings. The van der Waals surface area contributed by atoms with Crippen LogP contribution in [0.15, 0.2) is 57.7 Å². The molecule has 2 aromatic carbocycles. The number of benzene rings is 2. The van der Waals surface area contributed by atoms with E-state index in [-0.39, 0.29) is 35.8 Å². The Hall–Kier alpha value is -3.86. The lowest BCUT2D eigenvalue weighted by molar-refractivity contribution is 0.0474. The SMILES string of the molecule is CCCS(=O)(=O)Nc1cccc(C(=O)OCc2cc(=O)oc3cc(NC(=O)OCC)ccc23)c1. The number of carbonyl (C=O) groups is 2. The van der Waals surface area contributed by atoms with Crippen LogP contribution >= 0.6 is 0 Å². The van der Waals surface area contributed by atoms with Crippen molar-refractivity contribution in [3.8, 4) is 0 Å². The van der Waals surface area contributed by atoms with Crippen LogP contribution in [0.25, 0.3) is 11.0 Å². The summed E-state index contributed by atoms with van der Waals surface area (Å²) in [7, 11) is -3.51. The van der Waals surface area contributed by atoms with E-state index in [2.05, 4.69) is 10.0 Å². The van der Waals surface area contributed by atoms with Gasteiger partial charge in [-0.05, 0) is 43.7 Å². The molecule has 1 aromatic heterocycles. The summed E-state index contributed by atoms with van der Waals surface area (Å²) in [4.78, 5) is 36.2. The van der Waals surface area contributed by atoms with Gasteiger partial charge in [0.15, 0.2) is 0 Å². The standard InChI is InChI=1S/C23H24N2O8S/c1-3-10-34(29,30)25-18-7-5-6-15(11-18)22(27)32-14-16-12-21(26)33-20-13-17(8-9-19(16)20)24-23(28)31-4-2/h5-9,11-13,25H,3-4,10,14H2,1-2H3,(H,24,28). The molecule has 0 spiro atoms. The van der Waals surface area contributed by atoms with E-state index in [0.29, 0.717) is 23.1 Å². The molecular weight excluding hydrogens is 464 g/mol. The van der Waals surface area contributed by atoms with Crippen LogP contribution in [0.3, 0.4) is 0 Å². The van der Waals surface area contributed by atoms with Crippen LogP contribution in [0.4, 0.5) is 16.2 Å². The molecule has 0 atom stereocenters. The number of nitrogens with one attached hydrogen (secondary N) is 2. The molecule has 0 unspecified atom stereocenters. The van der Waals surface area contributed by atoms with Crippen molar-refractivity contribution >= 4 is 44.4 Å². The number of hydrogen-bond acceptors (Lipinski definition) is 8. The minimum Gasteiger partial charge on any atom is -0.457 e. The zero-order valence-corrected chi connectivity index (χ0v) is 19.4. The van der Waals surface area contributed by atoms with Gasteiger partial charge in [0.25, 0.3) is 0 Å². The Balaban J connectivity index is 1.76. The number of sulfonamides is 1. The molecule has 0 fully saturated rings. The maximum atomic E-state index is 12.6. The number of esters is 1. The van der Waals surface area contributed by atoms with Gasteiger partial charge in [-0.25, -0.2) is 22.8 Å². The van der Waals surface area contributed by atoms with Gasteiger partial charge in [0, 0.05) is 34.5 Å². The van der Waals surface area contributed by atoms with Crippen molar-refractivity contribution in [2.75, 3.05) is 22.4 Å². The summed E-state index contributed by atoms with van der Waals surface area (Å²) in [5.41, 5.74) is 0.701. The Morgan fingerprint density at radius 1 is 1.00 bits per heavy atom. The summed E-state index contributed by atoms with van der Waals surface area (Å²) in [5.74, 6) is -0.735. The Morgan fingerprint density at radius 3 is 2.53 bits per heavy atom. The Kier molecular flexibility index (Phi) is 7.90. The quantitative estimate of drug-likeness (QED) is 0.342. The van der Waals surface area contributed by atoms with Gasteiger partial charge < -0.3 is 13.9 Å². The van der Waals surface area contributed by atoms with Gasteiger partial charge in [-0.2, -0.15) is 0 Å². The molecule has 0 bridgehead atoms. The van der Waals surface area contributed by atoms with Crippen molar-refractivity contribution < 1.29 is 31.9 Å². The molecule has 2 N–H and O–H groups in total. The molecule has 34 heavy (non-hydrogen) atoms. The molecule has 0 saturated heterocycles. The molecule has 0 radical (unpaired) electrons. The number of amides is 1. The topological polar surface area (TPSA) is 141 Å². The van der Waals surface area contributed by atoms with Crippen LogP contribution in [-0.2, 0) is 26.1 Å². The summed E-state index contributed by atoms with van der Waals surface area (Å²) in [6.07, 6.45) is -0.190. The second kappa shape index (κ2) is 10.8.